The van der Waals surface area contributed by atoms with Crippen molar-refractivity contribution in [2.45, 2.75) is 26.2 Å². The van der Waals surface area contributed by atoms with Crippen LogP contribution in [0.25, 0.3) is 16.8 Å². The average Bonchev–Trinajstić information content (AvgIpc) is 3.07. The van der Waals surface area contributed by atoms with E-state index in [0.29, 0.717) is 22.3 Å². The van der Waals surface area contributed by atoms with Crippen LogP contribution in [0.3, 0.4) is 0 Å². The van der Waals surface area contributed by atoms with Gasteiger partial charge >= 0.3 is 0 Å². The number of halogens is 1. The van der Waals surface area contributed by atoms with Gasteiger partial charge in [-0.1, -0.05) is 18.2 Å². The van der Waals surface area contributed by atoms with Crippen LogP contribution < -0.4 is 0 Å². The first-order valence-corrected chi connectivity index (χ1v) is 8.54. The van der Waals surface area contributed by atoms with Crippen molar-refractivity contribution in [2.24, 2.45) is 0 Å². The molecule has 4 rings (SSSR count). The summed E-state index contributed by atoms with van der Waals surface area (Å²) in [6.45, 7) is 3.43. The Balaban J connectivity index is 1.77. The van der Waals surface area contributed by atoms with E-state index in [1.165, 1.54) is 12.5 Å². The number of aryl methyl sites for hydroxylation is 1. The van der Waals surface area contributed by atoms with Crippen LogP contribution in [-0.4, -0.2) is 38.5 Å². The predicted molar refractivity (Wildman–Crippen MR) is 92.9 cm³/mol. The van der Waals surface area contributed by atoms with E-state index in [9.17, 15) is 9.18 Å². The highest BCUT2D eigenvalue weighted by Gasteiger charge is 2.22. The SMILES string of the molecule is Cc1c(C(=O)N2CCCCC2)cnc2c(-c3ccccc3F)cnn12. The monoisotopic (exact) mass is 338 g/mol. The molecule has 0 saturated carbocycles. The van der Waals surface area contributed by atoms with Crippen molar-refractivity contribution in [1.82, 2.24) is 19.5 Å². The Labute approximate surface area is 145 Å². The Morgan fingerprint density at radius 3 is 2.60 bits per heavy atom. The van der Waals surface area contributed by atoms with E-state index in [1.54, 1.807) is 35.1 Å². The molecule has 5 nitrogen and oxygen atoms in total. The Morgan fingerprint density at radius 2 is 1.84 bits per heavy atom. The van der Waals surface area contributed by atoms with Crippen molar-refractivity contribution in [3.05, 3.63) is 53.7 Å². The highest BCUT2D eigenvalue weighted by atomic mass is 19.1. The second-order valence-electron chi connectivity index (χ2n) is 6.38. The molecule has 0 bridgehead atoms. The summed E-state index contributed by atoms with van der Waals surface area (Å²) in [5, 5.41) is 4.34. The van der Waals surface area contributed by atoms with Crippen LogP contribution in [0.15, 0.2) is 36.7 Å². The first kappa shape index (κ1) is 15.7. The van der Waals surface area contributed by atoms with Crippen LogP contribution >= 0.6 is 0 Å². The second kappa shape index (κ2) is 6.27. The summed E-state index contributed by atoms with van der Waals surface area (Å²) in [6, 6.07) is 6.55. The van der Waals surface area contributed by atoms with Crippen LogP contribution in [0.5, 0.6) is 0 Å². The van der Waals surface area contributed by atoms with Gasteiger partial charge in [0, 0.05) is 30.4 Å². The molecule has 0 unspecified atom stereocenters. The molecule has 1 saturated heterocycles. The summed E-state index contributed by atoms with van der Waals surface area (Å²) in [5.74, 6) is -0.320. The lowest BCUT2D eigenvalue weighted by molar-refractivity contribution is 0.0722. The number of amides is 1. The third kappa shape index (κ3) is 2.67. The van der Waals surface area contributed by atoms with Crippen molar-refractivity contribution in [2.75, 3.05) is 13.1 Å². The zero-order chi connectivity index (χ0) is 17.4. The van der Waals surface area contributed by atoms with E-state index in [-0.39, 0.29) is 11.7 Å². The van der Waals surface area contributed by atoms with Crippen LogP contribution in [0.2, 0.25) is 0 Å². The summed E-state index contributed by atoms with van der Waals surface area (Å²) in [6.07, 6.45) is 6.45. The van der Waals surface area contributed by atoms with Crippen LogP contribution in [0, 0.1) is 12.7 Å². The zero-order valence-corrected chi connectivity index (χ0v) is 14.1. The number of rotatable bonds is 2. The maximum absolute atomic E-state index is 14.1. The summed E-state index contributed by atoms with van der Waals surface area (Å²) in [4.78, 5) is 19.1. The zero-order valence-electron chi connectivity index (χ0n) is 14.1. The molecular weight excluding hydrogens is 319 g/mol. The quantitative estimate of drug-likeness (QED) is 0.719. The number of fused-ring (bicyclic) bond motifs is 1. The van der Waals surface area contributed by atoms with Crippen LogP contribution in [-0.2, 0) is 0 Å². The molecule has 128 valence electrons. The smallest absolute Gasteiger partial charge is 0.257 e. The largest absolute Gasteiger partial charge is 0.339 e. The van der Waals surface area contributed by atoms with E-state index in [0.717, 1.165) is 31.6 Å². The molecule has 1 amide bonds. The predicted octanol–water partition coefficient (Wildman–Crippen LogP) is 3.47. The molecule has 1 aromatic carbocycles. The van der Waals surface area contributed by atoms with E-state index < -0.39 is 0 Å². The van der Waals surface area contributed by atoms with Gasteiger partial charge in [-0.2, -0.15) is 5.10 Å². The Bertz CT molecular complexity index is 944. The first-order valence-electron chi connectivity index (χ1n) is 8.54. The van der Waals surface area contributed by atoms with Gasteiger partial charge in [-0.3, -0.25) is 4.79 Å². The van der Waals surface area contributed by atoms with Crippen LogP contribution in [0.1, 0.15) is 35.3 Å². The van der Waals surface area contributed by atoms with Gasteiger partial charge in [0.1, 0.15) is 5.82 Å². The fourth-order valence-corrected chi connectivity index (χ4v) is 3.39. The standard InChI is InChI=1S/C19H19FN4O/c1-13-15(19(25)23-9-5-2-6-10-23)11-21-18-16(12-22-24(13)18)14-7-3-4-8-17(14)20/h3-4,7-8,11-12H,2,5-6,9-10H2,1H3. The number of carbonyl (C=O) groups is 1. The van der Waals surface area contributed by atoms with Crippen molar-refractivity contribution in [3.63, 3.8) is 0 Å². The minimum atomic E-state index is -0.315. The molecule has 6 heteroatoms. The molecule has 25 heavy (non-hydrogen) atoms. The molecule has 1 aliphatic rings. The normalized spacial score (nSPS) is 14.9. The number of hydrogen-bond donors (Lipinski definition) is 0. The van der Waals surface area contributed by atoms with Gasteiger partial charge in [-0.15, -0.1) is 0 Å². The summed E-state index contributed by atoms with van der Waals surface area (Å²) in [5.41, 5.74) is 2.91. The van der Waals surface area contributed by atoms with E-state index in [4.69, 9.17) is 0 Å². The third-order valence-electron chi connectivity index (χ3n) is 4.80. The maximum atomic E-state index is 14.1. The van der Waals surface area contributed by atoms with E-state index >= 15 is 0 Å². The number of carbonyl (C=O) groups excluding carboxylic acids is 1. The highest BCUT2D eigenvalue weighted by molar-refractivity contribution is 5.95. The minimum Gasteiger partial charge on any atom is -0.339 e. The number of piperidine rings is 1. The molecular formula is C19H19FN4O. The van der Waals surface area contributed by atoms with Crippen LogP contribution in [0.4, 0.5) is 4.39 Å². The van der Waals surface area contributed by atoms with Crippen molar-refractivity contribution < 1.29 is 9.18 Å². The fraction of sp³-hybridized carbons (Fsp3) is 0.316. The molecule has 0 aliphatic carbocycles. The number of aromatic nitrogens is 3. The Kier molecular flexibility index (Phi) is 3.95. The number of nitrogens with zero attached hydrogens (tertiary/aromatic N) is 4. The molecule has 0 N–H and O–H groups in total. The van der Waals surface area contributed by atoms with E-state index in [1.807, 2.05) is 11.8 Å². The first-order chi connectivity index (χ1) is 12.2. The molecule has 2 aromatic heterocycles. The van der Waals surface area contributed by atoms with Gasteiger partial charge in [-0.25, -0.2) is 13.9 Å². The van der Waals surface area contributed by atoms with Gasteiger partial charge in [0.05, 0.1) is 17.5 Å². The van der Waals surface area contributed by atoms with Crippen molar-refractivity contribution >= 4 is 11.6 Å². The van der Waals surface area contributed by atoms with Crippen molar-refractivity contribution in [1.29, 1.82) is 0 Å². The lowest BCUT2D eigenvalue weighted by Gasteiger charge is -2.27. The number of hydrogen-bond acceptors (Lipinski definition) is 3. The maximum Gasteiger partial charge on any atom is 0.257 e. The number of likely N-dealkylation sites (tertiary alicyclic amines) is 1. The molecule has 0 spiro atoms. The average molecular weight is 338 g/mol. The fourth-order valence-electron chi connectivity index (χ4n) is 3.39. The van der Waals surface area contributed by atoms with Gasteiger partial charge < -0.3 is 4.90 Å². The van der Waals surface area contributed by atoms with Gasteiger partial charge in [-0.05, 0) is 32.3 Å². The van der Waals surface area contributed by atoms with Gasteiger partial charge in [0.2, 0.25) is 0 Å². The lowest BCUT2D eigenvalue weighted by Crippen LogP contribution is -2.36. The second-order valence-corrected chi connectivity index (χ2v) is 6.38. The van der Waals surface area contributed by atoms with Crippen molar-refractivity contribution in [3.8, 4) is 11.1 Å². The third-order valence-corrected chi connectivity index (χ3v) is 4.80. The molecule has 0 radical (unpaired) electrons. The molecule has 0 atom stereocenters. The Hall–Kier alpha value is -2.76. The summed E-state index contributed by atoms with van der Waals surface area (Å²) >= 11 is 0. The topological polar surface area (TPSA) is 50.5 Å². The molecule has 1 aliphatic heterocycles. The van der Waals surface area contributed by atoms with E-state index in [2.05, 4.69) is 10.1 Å². The Morgan fingerprint density at radius 1 is 1.08 bits per heavy atom. The van der Waals surface area contributed by atoms with Gasteiger partial charge in [0.25, 0.3) is 5.91 Å². The van der Waals surface area contributed by atoms with Gasteiger partial charge in [0.15, 0.2) is 5.65 Å². The number of benzene rings is 1. The lowest BCUT2D eigenvalue weighted by atomic mass is 10.1. The summed E-state index contributed by atoms with van der Waals surface area (Å²) in [7, 11) is 0. The molecule has 3 heterocycles. The minimum absolute atomic E-state index is 0.00505. The molecule has 3 aromatic rings. The highest BCUT2D eigenvalue weighted by Crippen LogP contribution is 2.27. The molecule has 1 fully saturated rings. The summed E-state index contributed by atoms with van der Waals surface area (Å²) < 4.78 is 15.7.